The molecule has 0 spiro atoms. The van der Waals surface area contributed by atoms with Crippen molar-refractivity contribution >= 4 is 28.9 Å². The number of hydrogen-bond acceptors (Lipinski definition) is 6. The van der Waals surface area contributed by atoms with E-state index in [1.54, 1.807) is 4.57 Å². The van der Waals surface area contributed by atoms with Crippen LogP contribution in [0.15, 0.2) is 6.20 Å². The van der Waals surface area contributed by atoms with Crippen LogP contribution in [0.4, 0.5) is 5.95 Å². The summed E-state index contributed by atoms with van der Waals surface area (Å²) in [5, 5.41) is 2.99. The number of aromatic nitrogens is 4. The number of aryl methyl sites for hydroxylation is 1. The maximum atomic E-state index is 12.7. The minimum atomic E-state index is -0.260. The molecule has 1 aliphatic carbocycles. The van der Waals surface area contributed by atoms with E-state index in [1.807, 2.05) is 11.8 Å². The number of amides is 2. The van der Waals surface area contributed by atoms with E-state index in [1.165, 1.54) is 6.20 Å². The van der Waals surface area contributed by atoms with Crippen molar-refractivity contribution in [2.45, 2.75) is 38.8 Å². The molecule has 1 unspecified atom stereocenters. The third kappa shape index (κ3) is 2.90. The zero-order valence-electron chi connectivity index (χ0n) is 14.1. The summed E-state index contributed by atoms with van der Waals surface area (Å²) in [5.74, 6) is 0.624. The predicted octanol–water partition coefficient (Wildman–Crippen LogP) is 0.169. The number of carbonyl (C=O) groups excluding carboxylic acids is 2. The van der Waals surface area contributed by atoms with Crippen molar-refractivity contribution in [2.24, 2.45) is 5.92 Å². The van der Waals surface area contributed by atoms with Crippen LogP contribution in [-0.2, 0) is 11.3 Å². The van der Waals surface area contributed by atoms with Gasteiger partial charge in [-0.25, -0.2) is 9.97 Å². The van der Waals surface area contributed by atoms with E-state index in [9.17, 15) is 9.59 Å². The maximum absolute atomic E-state index is 12.7. The standard InChI is InChI=1S/C16H21N7O2/c1-2-23-12-11(7-18-16(17)21-12)20-13(23)14(24)19-10-5-6-22(8-10)15(25)9-3-4-9/h7,9-10H,2-6,8H2,1H3,(H,19,24)(H2,17,18,21). The van der Waals surface area contributed by atoms with Crippen LogP contribution in [0.1, 0.15) is 36.8 Å². The number of nitrogens with one attached hydrogen (secondary N) is 1. The molecule has 1 aliphatic heterocycles. The lowest BCUT2D eigenvalue weighted by Gasteiger charge is -2.17. The van der Waals surface area contributed by atoms with Crippen LogP contribution in [0.25, 0.3) is 11.2 Å². The van der Waals surface area contributed by atoms with Gasteiger partial charge in [-0.3, -0.25) is 9.59 Å². The van der Waals surface area contributed by atoms with Crippen molar-refractivity contribution in [1.29, 1.82) is 0 Å². The van der Waals surface area contributed by atoms with E-state index < -0.39 is 0 Å². The zero-order valence-corrected chi connectivity index (χ0v) is 14.1. The van der Waals surface area contributed by atoms with E-state index in [-0.39, 0.29) is 29.7 Å². The lowest BCUT2D eigenvalue weighted by atomic mass is 10.2. The van der Waals surface area contributed by atoms with Gasteiger partial charge in [0.1, 0.15) is 5.52 Å². The van der Waals surface area contributed by atoms with Crippen molar-refractivity contribution < 1.29 is 9.59 Å². The van der Waals surface area contributed by atoms with Crippen molar-refractivity contribution in [2.75, 3.05) is 18.8 Å². The number of hydrogen-bond donors (Lipinski definition) is 2. The first-order valence-electron chi connectivity index (χ1n) is 8.65. The second-order valence-corrected chi connectivity index (χ2v) is 6.63. The summed E-state index contributed by atoms with van der Waals surface area (Å²) in [7, 11) is 0. The number of anilines is 1. The van der Waals surface area contributed by atoms with Crippen LogP contribution in [-0.4, -0.2) is 55.4 Å². The van der Waals surface area contributed by atoms with Gasteiger partial charge in [-0.1, -0.05) is 0 Å². The zero-order chi connectivity index (χ0) is 17.6. The van der Waals surface area contributed by atoms with Gasteiger partial charge in [0, 0.05) is 31.6 Å². The Hall–Kier alpha value is -2.71. The highest BCUT2D eigenvalue weighted by Gasteiger charge is 2.37. The molecular weight excluding hydrogens is 322 g/mol. The molecule has 25 heavy (non-hydrogen) atoms. The lowest BCUT2D eigenvalue weighted by molar-refractivity contribution is -0.131. The molecule has 2 aromatic heterocycles. The molecule has 2 aromatic rings. The Bertz CT molecular complexity index is 842. The monoisotopic (exact) mass is 343 g/mol. The van der Waals surface area contributed by atoms with E-state index >= 15 is 0 Å². The van der Waals surface area contributed by atoms with Gasteiger partial charge >= 0.3 is 0 Å². The third-order valence-corrected chi connectivity index (χ3v) is 4.79. The Morgan fingerprint density at radius 3 is 2.84 bits per heavy atom. The summed E-state index contributed by atoms with van der Waals surface area (Å²) in [6, 6.07) is -0.0449. The average Bonchev–Trinajstić information content (AvgIpc) is 3.24. The number of fused-ring (bicyclic) bond motifs is 1. The first-order chi connectivity index (χ1) is 12.1. The van der Waals surface area contributed by atoms with E-state index in [4.69, 9.17) is 5.73 Å². The van der Waals surface area contributed by atoms with Crippen molar-refractivity contribution in [3.8, 4) is 0 Å². The molecule has 4 rings (SSSR count). The molecular formula is C16H21N7O2. The SMILES string of the molecule is CCn1c(C(=O)NC2CCN(C(=O)C3CC3)C2)nc2cnc(N)nc21. The van der Waals surface area contributed by atoms with Crippen LogP contribution in [0.2, 0.25) is 0 Å². The van der Waals surface area contributed by atoms with Gasteiger partial charge < -0.3 is 20.5 Å². The fourth-order valence-electron chi connectivity index (χ4n) is 3.32. The maximum Gasteiger partial charge on any atom is 0.287 e. The van der Waals surface area contributed by atoms with Gasteiger partial charge in [0.2, 0.25) is 17.7 Å². The second-order valence-electron chi connectivity index (χ2n) is 6.63. The van der Waals surface area contributed by atoms with E-state index in [0.717, 1.165) is 19.3 Å². The van der Waals surface area contributed by atoms with Gasteiger partial charge in [-0.15, -0.1) is 0 Å². The second kappa shape index (κ2) is 5.98. The molecule has 3 N–H and O–H groups in total. The van der Waals surface area contributed by atoms with Crippen molar-refractivity contribution in [1.82, 2.24) is 29.7 Å². The summed E-state index contributed by atoms with van der Waals surface area (Å²) >= 11 is 0. The molecule has 1 saturated carbocycles. The van der Waals surface area contributed by atoms with Crippen LogP contribution >= 0.6 is 0 Å². The number of imidazole rings is 1. The first-order valence-corrected chi connectivity index (χ1v) is 8.65. The Morgan fingerprint density at radius 1 is 1.32 bits per heavy atom. The average molecular weight is 343 g/mol. The predicted molar refractivity (Wildman–Crippen MR) is 90.6 cm³/mol. The smallest absolute Gasteiger partial charge is 0.287 e. The van der Waals surface area contributed by atoms with Crippen molar-refractivity contribution in [3.05, 3.63) is 12.0 Å². The summed E-state index contributed by atoms with van der Waals surface area (Å²) in [6.45, 7) is 3.74. The number of carbonyl (C=O) groups is 2. The van der Waals surface area contributed by atoms with Crippen molar-refractivity contribution in [3.63, 3.8) is 0 Å². The molecule has 0 radical (unpaired) electrons. The number of nitrogens with two attached hydrogens (primary N) is 1. The molecule has 2 fully saturated rings. The Kier molecular flexibility index (Phi) is 3.78. The highest BCUT2D eigenvalue weighted by Crippen LogP contribution is 2.32. The Labute approximate surface area is 144 Å². The molecule has 2 amide bonds. The lowest BCUT2D eigenvalue weighted by Crippen LogP contribution is -2.39. The molecule has 9 heteroatoms. The Morgan fingerprint density at radius 2 is 2.12 bits per heavy atom. The topological polar surface area (TPSA) is 119 Å². The van der Waals surface area contributed by atoms with Crippen LogP contribution < -0.4 is 11.1 Å². The Balaban J connectivity index is 1.49. The normalized spacial score (nSPS) is 20.2. The number of rotatable bonds is 4. The van der Waals surface area contributed by atoms with E-state index in [2.05, 4.69) is 20.3 Å². The quantitative estimate of drug-likeness (QED) is 0.817. The summed E-state index contributed by atoms with van der Waals surface area (Å²) in [5.41, 5.74) is 6.73. The highest BCUT2D eigenvalue weighted by atomic mass is 16.2. The number of nitrogen functional groups attached to an aromatic ring is 1. The van der Waals surface area contributed by atoms with Crippen LogP contribution in [0, 0.1) is 5.92 Å². The number of nitrogens with zero attached hydrogens (tertiary/aromatic N) is 5. The largest absolute Gasteiger partial charge is 0.368 e. The molecule has 2 aliphatic rings. The molecule has 1 saturated heterocycles. The molecule has 0 aromatic carbocycles. The fraction of sp³-hybridized carbons (Fsp3) is 0.562. The minimum Gasteiger partial charge on any atom is -0.368 e. The van der Waals surface area contributed by atoms with Gasteiger partial charge in [0.25, 0.3) is 5.91 Å². The van der Waals surface area contributed by atoms with Gasteiger partial charge in [-0.05, 0) is 26.2 Å². The molecule has 1 atom stereocenters. The first kappa shape index (κ1) is 15.8. The van der Waals surface area contributed by atoms with E-state index in [0.29, 0.717) is 36.6 Å². The summed E-state index contributed by atoms with van der Waals surface area (Å²) < 4.78 is 1.73. The minimum absolute atomic E-state index is 0.0449. The molecule has 132 valence electrons. The highest BCUT2D eigenvalue weighted by molar-refractivity contribution is 5.94. The molecule has 3 heterocycles. The molecule has 9 nitrogen and oxygen atoms in total. The van der Waals surface area contributed by atoms with Crippen LogP contribution in [0.5, 0.6) is 0 Å². The van der Waals surface area contributed by atoms with Gasteiger partial charge in [0.15, 0.2) is 5.65 Å². The fourth-order valence-corrected chi connectivity index (χ4v) is 3.32. The van der Waals surface area contributed by atoms with Gasteiger partial charge in [0.05, 0.1) is 6.20 Å². The number of likely N-dealkylation sites (tertiary alicyclic amines) is 1. The summed E-state index contributed by atoms with van der Waals surface area (Å²) in [4.78, 5) is 39.1. The summed E-state index contributed by atoms with van der Waals surface area (Å²) in [6.07, 6.45) is 4.28. The van der Waals surface area contributed by atoms with Gasteiger partial charge in [-0.2, -0.15) is 4.98 Å². The van der Waals surface area contributed by atoms with Crippen LogP contribution in [0.3, 0.4) is 0 Å². The third-order valence-electron chi connectivity index (χ3n) is 4.79. The molecule has 0 bridgehead atoms.